The van der Waals surface area contributed by atoms with E-state index in [1.54, 1.807) is 27.7 Å². The first-order valence-electron chi connectivity index (χ1n) is 7.49. The van der Waals surface area contributed by atoms with E-state index < -0.39 is 18.1 Å². The molecule has 0 aliphatic rings. The van der Waals surface area contributed by atoms with Crippen LogP contribution < -0.4 is 11.1 Å². The van der Waals surface area contributed by atoms with Crippen LogP contribution in [0.15, 0.2) is 0 Å². The molecule has 0 bridgehead atoms. The molecule has 0 aromatic heterocycles. The van der Waals surface area contributed by atoms with Gasteiger partial charge in [0.2, 0.25) is 11.0 Å². The largest absolute Gasteiger partial charge is 0.461 e. The van der Waals surface area contributed by atoms with Gasteiger partial charge in [0, 0.05) is 11.7 Å². The molecule has 0 aliphatic heterocycles. The molecule has 0 saturated heterocycles. The Kier molecular flexibility index (Phi) is 9.36. The van der Waals surface area contributed by atoms with Crippen molar-refractivity contribution in [2.45, 2.75) is 59.7 Å². The first-order valence-corrected chi connectivity index (χ1v) is 8.47. The number of esters is 1. The number of carbonyl (C=O) groups excluding carboxylic acids is 3. The lowest BCUT2D eigenvalue weighted by atomic mass is 10.1. The van der Waals surface area contributed by atoms with Crippen LogP contribution in [-0.2, 0) is 19.1 Å². The first-order chi connectivity index (χ1) is 10.1. The van der Waals surface area contributed by atoms with E-state index >= 15 is 0 Å². The number of nitrogens with two attached hydrogens (primary N) is 1. The summed E-state index contributed by atoms with van der Waals surface area (Å²) in [6, 6.07) is -1.45. The predicted molar refractivity (Wildman–Crippen MR) is 88.3 cm³/mol. The van der Waals surface area contributed by atoms with Crippen molar-refractivity contribution in [3.8, 4) is 0 Å². The molecule has 1 amide bonds. The highest BCUT2D eigenvalue weighted by Crippen LogP contribution is 2.13. The maximum absolute atomic E-state index is 12.0. The van der Waals surface area contributed by atoms with E-state index in [0.29, 0.717) is 0 Å². The number of carbonyl (C=O) groups is 3. The van der Waals surface area contributed by atoms with Crippen LogP contribution >= 0.6 is 11.8 Å². The number of hydrogen-bond acceptors (Lipinski definition) is 6. The van der Waals surface area contributed by atoms with Crippen molar-refractivity contribution in [2.75, 3.05) is 5.75 Å². The average Bonchev–Trinajstić information content (AvgIpc) is 2.40. The summed E-state index contributed by atoms with van der Waals surface area (Å²) in [5, 5.41) is 2.42. The van der Waals surface area contributed by atoms with Crippen molar-refractivity contribution in [2.24, 2.45) is 17.6 Å². The summed E-state index contributed by atoms with van der Waals surface area (Å²) in [6.07, 6.45) is -0.287. The van der Waals surface area contributed by atoms with E-state index in [2.05, 4.69) is 5.32 Å². The van der Waals surface area contributed by atoms with Crippen molar-refractivity contribution < 1.29 is 19.1 Å². The quantitative estimate of drug-likeness (QED) is 0.651. The third-order valence-corrected chi connectivity index (χ3v) is 3.92. The molecule has 2 atom stereocenters. The smallest absolute Gasteiger partial charge is 0.329 e. The van der Waals surface area contributed by atoms with Gasteiger partial charge < -0.3 is 15.8 Å². The second kappa shape index (κ2) is 9.84. The molecular formula is C15H28N2O4S. The maximum atomic E-state index is 12.0. The van der Waals surface area contributed by atoms with E-state index in [-0.39, 0.29) is 34.7 Å². The standard InChI is InChI=1S/C15H28N2O4S/c1-8(2)12(16)15(20)22-7-11(14(19)21-10(5)6)17-13(18)9(3)4/h8-12H,7,16H2,1-6H3,(H,17,18)/t11-,12-/m0/s1. The van der Waals surface area contributed by atoms with Crippen LogP contribution in [0.4, 0.5) is 0 Å². The zero-order valence-electron chi connectivity index (χ0n) is 14.2. The van der Waals surface area contributed by atoms with Crippen LogP contribution in [-0.4, -0.2) is 40.9 Å². The molecule has 7 heteroatoms. The van der Waals surface area contributed by atoms with Crippen molar-refractivity contribution in [1.29, 1.82) is 0 Å². The summed E-state index contributed by atoms with van der Waals surface area (Å²) in [5.41, 5.74) is 5.78. The molecule has 0 heterocycles. The van der Waals surface area contributed by atoms with Crippen LogP contribution in [0.1, 0.15) is 41.5 Å². The molecule has 0 saturated carbocycles. The van der Waals surface area contributed by atoms with Gasteiger partial charge in [-0.3, -0.25) is 9.59 Å². The minimum absolute atomic E-state index is 0.0197. The molecule has 128 valence electrons. The fourth-order valence-corrected chi connectivity index (χ4v) is 2.37. The van der Waals surface area contributed by atoms with E-state index in [4.69, 9.17) is 10.5 Å². The fraction of sp³-hybridized carbons (Fsp3) is 0.800. The van der Waals surface area contributed by atoms with Crippen molar-refractivity contribution >= 4 is 28.8 Å². The lowest BCUT2D eigenvalue weighted by Gasteiger charge is -2.20. The number of nitrogens with one attached hydrogen (secondary N) is 1. The van der Waals surface area contributed by atoms with Crippen molar-refractivity contribution in [1.82, 2.24) is 5.32 Å². The number of ether oxygens (including phenoxy) is 1. The van der Waals surface area contributed by atoms with Gasteiger partial charge in [0.25, 0.3) is 0 Å². The zero-order chi connectivity index (χ0) is 17.4. The lowest BCUT2D eigenvalue weighted by molar-refractivity contribution is -0.151. The average molecular weight is 332 g/mol. The Labute approximate surface area is 136 Å². The van der Waals surface area contributed by atoms with Gasteiger partial charge in [-0.1, -0.05) is 39.5 Å². The Morgan fingerprint density at radius 1 is 1.09 bits per heavy atom. The molecule has 0 aliphatic carbocycles. The Morgan fingerprint density at radius 3 is 2.05 bits per heavy atom. The highest BCUT2D eigenvalue weighted by Gasteiger charge is 2.27. The van der Waals surface area contributed by atoms with Gasteiger partial charge in [-0.05, 0) is 19.8 Å². The van der Waals surface area contributed by atoms with Crippen LogP contribution in [0.3, 0.4) is 0 Å². The summed E-state index contributed by atoms with van der Waals surface area (Å²) in [6.45, 7) is 10.6. The van der Waals surface area contributed by atoms with Gasteiger partial charge in [0.15, 0.2) is 0 Å². The van der Waals surface area contributed by atoms with E-state index in [0.717, 1.165) is 11.8 Å². The number of amides is 1. The number of rotatable bonds is 8. The molecule has 0 aromatic rings. The summed E-state index contributed by atoms with van der Waals surface area (Å²) >= 11 is 0.951. The van der Waals surface area contributed by atoms with Crippen molar-refractivity contribution in [3.63, 3.8) is 0 Å². The molecule has 0 rings (SSSR count). The molecule has 0 radical (unpaired) electrons. The number of hydrogen-bond donors (Lipinski definition) is 2. The minimum Gasteiger partial charge on any atom is -0.461 e. The molecular weight excluding hydrogens is 304 g/mol. The highest BCUT2D eigenvalue weighted by atomic mass is 32.2. The minimum atomic E-state index is -0.856. The zero-order valence-corrected chi connectivity index (χ0v) is 15.0. The normalized spacial score (nSPS) is 14.1. The fourth-order valence-electron chi connectivity index (χ4n) is 1.36. The van der Waals surface area contributed by atoms with Gasteiger partial charge in [0.05, 0.1) is 12.1 Å². The van der Waals surface area contributed by atoms with Crippen LogP contribution in [0, 0.1) is 11.8 Å². The Morgan fingerprint density at radius 2 is 1.64 bits per heavy atom. The van der Waals surface area contributed by atoms with Crippen LogP contribution in [0.5, 0.6) is 0 Å². The van der Waals surface area contributed by atoms with Gasteiger partial charge in [0.1, 0.15) is 6.04 Å². The van der Waals surface area contributed by atoms with Gasteiger partial charge in [-0.25, -0.2) is 4.79 Å². The molecule has 22 heavy (non-hydrogen) atoms. The monoisotopic (exact) mass is 332 g/mol. The van der Waals surface area contributed by atoms with Gasteiger partial charge >= 0.3 is 5.97 Å². The highest BCUT2D eigenvalue weighted by molar-refractivity contribution is 8.13. The Hall–Kier alpha value is -1.08. The lowest BCUT2D eigenvalue weighted by Crippen LogP contribution is -2.46. The second-order valence-electron chi connectivity index (χ2n) is 6.10. The Bertz CT molecular complexity index is 397. The van der Waals surface area contributed by atoms with E-state index in [1.807, 2.05) is 13.8 Å². The summed E-state index contributed by atoms with van der Waals surface area (Å²) in [7, 11) is 0. The Balaban J connectivity index is 4.75. The third kappa shape index (κ3) is 7.79. The van der Waals surface area contributed by atoms with Crippen molar-refractivity contribution in [3.05, 3.63) is 0 Å². The topological polar surface area (TPSA) is 98.5 Å². The third-order valence-electron chi connectivity index (χ3n) is 2.86. The number of thioether (sulfide) groups is 1. The molecule has 3 N–H and O–H groups in total. The SMILES string of the molecule is CC(C)OC(=O)[C@H](CSC(=O)[C@@H](N)C(C)C)NC(=O)C(C)C. The molecule has 0 aromatic carbocycles. The molecule has 0 fully saturated rings. The van der Waals surface area contributed by atoms with E-state index in [9.17, 15) is 14.4 Å². The summed E-state index contributed by atoms with van der Waals surface area (Å²) in [5.74, 6) is -0.919. The molecule has 6 nitrogen and oxygen atoms in total. The van der Waals surface area contributed by atoms with Crippen LogP contribution in [0.25, 0.3) is 0 Å². The van der Waals surface area contributed by atoms with Gasteiger partial charge in [-0.15, -0.1) is 0 Å². The summed E-state index contributed by atoms with van der Waals surface area (Å²) < 4.78 is 5.12. The first kappa shape index (κ1) is 20.9. The molecule has 0 unspecified atom stereocenters. The second-order valence-corrected chi connectivity index (χ2v) is 7.13. The van der Waals surface area contributed by atoms with E-state index in [1.165, 1.54) is 0 Å². The maximum Gasteiger partial charge on any atom is 0.329 e. The summed E-state index contributed by atoms with van der Waals surface area (Å²) in [4.78, 5) is 35.8. The predicted octanol–water partition coefficient (Wildman–Crippen LogP) is 1.32. The van der Waals surface area contributed by atoms with Gasteiger partial charge in [-0.2, -0.15) is 0 Å². The molecule has 0 spiro atoms. The van der Waals surface area contributed by atoms with Crippen LogP contribution in [0.2, 0.25) is 0 Å².